The van der Waals surface area contributed by atoms with Crippen LogP contribution in [0.3, 0.4) is 0 Å². The molecule has 2 rings (SSSR count). The third-order valence-corrected chi connectivity index (χ3v) is 3.17. The maximum atomic E-state index is 13.3. The largest absolute Gasteiger partial charge is 0.495 e. The van der Waals surface area contributed by atoms with E-state index in [4.69, 9.17) is 16.3 Å². The van der Waals surface area contributed by atoms with Gasteiger partial charge in [-0.3, -0.25) is 10.1 Å². The number of hydrogen-bond donors (Lipinski definition) is 1. The van der Waals surface area contributed by atoms with Crippen molar-refractivity contribution in [1.29, 1.82) is 0 Å². The topological polar surface area (TPSA) is 64.4 Å². The Kier molecular flexibility index (Phi) is 4.59. The number of ether oxygens (including phenoxy) is 1. The lowest BCUT2D eigenvalue weighted by Crippen LogP contribution is -2.02. The number of nitro benzene ring substituents is 1. The van der Waals surface area contributed by atoms with Gasteiger partial charge in [0.05, 0.1) is 22.7 Å². The molecule has 0 aliphatic rings. The molecule has 0 radical (unpaired) electrons. The summed E-state index contributed by atoms with van der Waals surface area (Å²) in [4.78, 5) is 10.3. The van der Waals surface area contributed by atoms with Crippen LogP contribution in [-0.2, 0) is 6.54 Å². The molecule has 2 aromatic carbocycles. The highest BCUT2D eigenvalue weighted by atomic mass is 35.5. The predicted molar refractivity (Wildman–Crippen MR) is 78.4 cm³/mol. The van der Waals surface area contributed by atoms with Crippen molar-refractivity contribution in [3.05, 3.63) is 62.9 Å². The fourth-order valence-corrected chi connectivity index (χ4v) is 1.91. The zero-order valence-electron chi connectivity index (χ0n) is 11.1. The zero-order valence-corrected chi connectivity index (χ0v) is 11.9. The van der Waals surface area contributed by atoms with Gasteiger partial charge >= 0.3 is 0 Å². The predicted octanol–water partition coefficient (Wildman–Crippen LogP) is 4.01. The average Bonchev–Trinajstić information content (AvgIpc) is 2.48. The first-order valence-corrected chi connectivity index (χ1v) is 6.39. The Morgan fingerprint density at radius 2 is 2.10 bits per heavy atom. The van der Waals surface area contributed by atoms with E-state index >= 15 is 0 Å². The number of rotatable bonds is 5. The van der Waals surface area contributed by atoms with Crippen molar-refractivity contribution < 1.29 is 14.1 Å². The van der Waals surface area contributed by atoms with Gasteiger partial charge in [-0.1, -0.05) is 17.7 Å². The van der Waals surface area contributed by atoms with Crippen molar-refractivity contribution in [2.24, 2.45) is 0 Å². The molecule has 0 aliphatic carbocycles. The summed E-state index contributed by atoms with van der Waals surface area (Å²) in [6.07, 6.45) is 0. The summed E-state index contributed by atoms with van der Waals surface area (Å²) in [5, 5.41) is 13.8. The number of methoxy groups -OCH3 is 1. The molecule has 0 aliphatic heterocycles. The number of non-ortho nitro benzene ring substituents is 1. The minimum atomic E-state index is -0.512. The Labute approximate surface area is 125 Å². The molecule has 0 amide bonds. The minimum Gasteiger partial charge on any atom is -0.495 e. The summed E-state index contributed by atoms with van der Waals surface area (Å²) in [6.45, 7) is 0.283. The number of nitrogens with one attached hydrogen (secondary N) is 1. The molecule has 0 aromatic heterocycles. The molecule has 0 heterocycles. The zero-order chi connectivity index (χ0) is 15.4. The SMILES string of the molecule is COc1ccc([N+](=O)[O-])cc1NCc1ccc(Cl)c(F)c1. The van der Waals surface area contributed by atoms with Gasteiger partial charge in [-0.15, -0.1) is 0 Å². The fourth-order valence-electron chi connectivity index (χ4n) is 1.79. The fraction of sp³-hybridized carbons (Fsp3) is 0.143. The van der Waals surface area contributed by atoms with Crippen molar-refractivity contribution in [3.8, 4) is 5.75 Å². The van der Waals surface area contributed by atoms with Crippen molar-refractivity contribution >= 4 is 23.0 Å². The molecule has 0 atom stereocenters. The Balaban J connectivity index is 2.19. The second-order valence-corrected chi connectivity index (χ2v) is 4.65. The van der Waals surface area contributed by atoms with Gasteiger partial charge in [0.25, 0.3) is 5.69 Å². The summed E-state index contributed by atoms with van der Waals surface area (Å²) in [5.41, 5.74) is 1.06. The normalized spacial score (nSPS) is 10.2. The molecule has 0 saturated carbocycles. The molecule has 0 fully saturated rings. The Bertz CT molecular complexity index is 679. The Morgan fingerprint density at radius 3 is 2.71 bits per heavy atom. The van der Waals surface area contributed by atoms with Gasteiger partial charge < -0.3 is 10.1 Å². The lowest BCUT2D eigenvalue weighted by molar-refractivity contribution is -0.384. The molecule has 7 heteroatoms. The van der Waals surface area contributed by atoms with Crippen LogP contribution < -0.4 is 10.1 Å². The number of halogens is 2. The Hall–Kier alpha value is -2.34. The van der Waals surface area contributed by atoms with Gasteiger partial charge in [-0.2, -0.15) is 0 Å². The summed E-state index contributed by atoms with van der Waals surface area (Å²) in [6, 6.07) is 8.65. The molecule has 0 bridgehead atoms. The van der Waals surface area contributed by atoms with Crippen molar-refractivity contribution in [2.45, 2.75) is 6.54 Å². The number of anilines is 1. The first-order valence-electron chi connectivity index (χ1n) is 6.01. The molecular formula is C14H12ClFN2O3. The minimum absolute atomic E-state index is 0.0479. The van der Waals surface area contributed by atoms with Gasteiger partial charge in [0.1, 0.15) is 11.6 Å². The standard InChI is InChI=1S/C14H12ClFN2O3/c1-21-14-5-3-10(18(19)20)7-13(14)17-8-9-2-4-11(15)12(16)6-9/h2-7,17H,8H2,1H3. The molecule has 0 unspecified atom stereocenters. The van der Waals surface area contributed by atoms with E-state index in [1.807, 2.05) is 0 Å². The van der Waals surface area contributed by atoms with E-state index in [2.05, 4.69) is 5.32 Å². The smallest absolute Gasteiger partial charge is 0.271 e. The van der Waals surface area contributed by atoms with Gasteiger partial charge in [0.15, 0.2) is 0 Å². The van der Waals surface area contributed by atoms with Crippen LogP contribution in [0.2, 0.25) is 5.02 Å². The van der Waals surface area contributed by atoms with Crippen LogP contribution in [0.25, 0.3) is 0 Å². The summed E-state index contributed by atoms with van der Waals surface area (Å²) >= 11 is 5.61. The summed E-state index contributed by atoms with van der Waals surface area (Å²) in [5.74, 6) is -0.0444. The summed E-state index contributed by atoms with van der Waals surface area (Å²) in [7, 11) is 1.47. The van der Waals surface area contributed by atoms with Crippen LogP contribution in [0, 0.1) is 15.9 Å². The van der Waals surface area contributed by atoms with Gasteiger partial charge in [0.2, 0.25) is 0 Å². The van der Waals surface area contributed by atoms with Crippen LogP contribution in [0.4, 0.5) is 15.8 Å². The molecule has 0 spiro atoms. The molecular weight excluding hydrogens is 299 g/mol. The van der Waals surface area contributed by atoms with E-state index in [9.17, 15) is 14.5 Å². The Morgan fingerprint density at radius 1 is 1.33 bits per heavy atom. The van der Waals surface area contributed by atoms with Crippen LogP contribution in [0.15, 0.2) is 36.4 Å². The third-order valence-electron chi connectivity index (χ3n) is 2.86. The highest BCUT2D eigenvalue weighted by Crippen LogP contribution is 2.29. The van der Waals surface area contributed by atoms with E-state index in [1.54, 1.807) is 6.07 Å². The van der Waals surface area contributed by atoms with E-state index in [0.717, 1.165) is 0 Å². The maximum absolute atomic E-state index is 13.3. The number of nitrogens with zero attached hydrogens (tertiary/aromatic N) is 1. The molecule has 110 valence electrons. The second-order valence-electron chi connectivity index (χ2n) is 4.24. The van der Waals surface area contributed by atoms with E-state index in [0.29, 0.717) is 17.0 Å². The first kappa shape index (κ1) is 15.1. The van der Waals surface area contributed by atoms with Crippen molar-refractivity contribution in [1.82, 2.24) is 0 Å². The lowest BCUT2D eigenvalue weighted by Gasteiger charge is -2.11. The first-order chi connectivity index (χ1) is 10.0. The third kappa shape index (κ3) is 3.61. The summed E-state index contributed by atoms with van der Waals surface area (Å²) < 4.78 is 18.5. The van der Waals surface area contributed by atoms with E-state index < -0.39 is 10.7 Å². The average molecular weight is 311 g/mol. The molecule has 2 aromatic rings. The van der Waals surface area contributed by atoms with Gasteiger partial charge in [-0.05, 0) is 23.8 Å². The molecule has 5 nitrogen and oxygen atoms in total. The van der Waals surface area contributed by atoms with Crippen molar-refractivity contribution in [3.63, 3.8) is 0 Å². The monoisotopic (exact) mass is 310 g/mol. The van der Waals surface area contributed by atoms with Crippen LogP contribution in [0.5, 0.6) is 5.75 Å². The van der Waals surface area contributed by atoms with Crippen LogP contribution >= 0.6 is 11.6 Å². The number of nitro groups is 1. The molecule has 0 saturated heterocycles. The number of hydrogen-bond acceptors (Lipinski definition) is 4. The van der Waals surface area contributed by atoms with E-state index in [1.165, 1.54) is 37.4 Å². The van der Waals surface area contributed by atoms with Gasteiger partial charge in [-0.25, -0.2) is 4.39 Å². The van der Waals surface area contributed by atoms with Crippen LogP contribution in [0.1, 0.15) is 5.56 Å². The molecule has 1 N–H and O–H groups in total. The van der Waals surface area contributed by atoms with Crippen LogP contribution in [-0.4, -0.2) is 12.0 Å². The maximum Gasteiger partial charge on any atom is 0.271 e. The lowest BCUT2D eigenvalue weighted by atomic mass is 10.2. The van der Waals surface area contributed by atoms with Crippen molar-refractivity contribution in [2.75, 3.05) is 12.4 Å². The molecule has 21 heavy (non-hydrogen) atoms. The number of benzene rings is 2. The van der Waals surface area contributed by atoms with E-state index in [-0.39, 0.29) is 17.3 Å². The van der Waals surface area contributed by atoms with Gasteiger partial charge in [0, 0.05) is 18.7 Å². The second kappa shape index (κ2) is 6.41. The quantitative estimate of drug-likeness (QED) is 0.669. The highest BCUT2D eigenvalue weighted by Gasteiger charge is 2.11. The highest BCUT2D eigenvalue weighted by molar-refractivity contribution is 6.30.